The Kier molecular flexibility index (Phi) is 6.07. The number of hydrogen-bond donors (Lipinski definition) is 0. The average molecular weight is 704 g/mol. The second-order valence-electron chi connectivity index (χ2n) is 15.8. The van der Waals surface area contributed by atoms with Gasteiger partial charge in [0.2, 0.25) is 5.69 Å². The van der Waals surface area contributed by atoms with Crippen LogP contribution in [0.3, 0.4) is 0 Å². The third kappa shape index (κ3) is 3.68. The van der Waals surface area contributed by atoms with Gasteiger partial charge in [-0.15, -0.1) is 0 Å². The lowest BCUT2D eigenvalue weighted by Gasteiger charge is -2.39. The molecule has 12 rings (SSSR count). The number of hydrogen-bond acceptors (Lipinski definition) is 0. The SMILES string of the molecule is C=C1c2ccc(-c3ccc4c(c3)-n3c5ccccc5c5cccc(c53)C43c4ccccc4-c4ccccc43)cc2-c2cc3ccccc3c[n+]2C1(CC)CC. The van der Waals surface area contributed by atoms with Gasteiger partial charge in [-0.3, -0.25) is 0 Å². The van der Waals surface area contributed by atoms with E-state index in [1.807, 2.05) is 0 Å². The van der Waals surface area contributed by atoms with Gasteiger partial charge in [-0.05, 0) is 79.7 Å². The molecule has 0 amide bonds. The fourth-order valence-corrected chi connectivity index (χ4v) is 11.1. The number of para-hydroxylation sites is 2. The summed E-state index contributed by atoms with van der Waals surface area (Å²) >= 11 is 0. The first-order chi connectivity index (χ1) is 27.1. The zero-order chi connectivity index (χ0) is 36.6. The Balaban J connectivity index is 1.15. The molecule has 7 aromatic carbocycles. The lowest BCUT2D eigenvalue weighted by atomic mass is 9.65. The number of benzene rings is 7. The van der Waals surface area contributed by atoms with E-state index >= 15 is 0 Å². The van der Waals surface area contributed by atoms with Crippen LogP contribution in [0, 0.1) is 0 Å². The molecule has 55 heavy (non-hydrogen) atoms. The molecule has 0 unspecified atom stereocenters. The maximum Gasteiger partial charge on any atom is 0.214 e. The van der Waals surface area contributed by atoms with Gasteiger partial charge in [0.15, 0.2) is 11.7 Å². The van der Waals surface area contributed by atoms with Crippen LogP contribution in [0.15, 0.2) is 171 Å². The highest BCUT2D eigenvalue weighted by molar-refractivity contribution is 6.13. The van der Waals surface area contributed by atoms with Gasteiger partial charge >= 0.3 is 0 Å². The van der Waals surface area contributed by atoms with Crippen LogP contribution in [0.5, 0.6) is 0 Å². The molecule has 1 spiro atoms. The molecule has 0 saturated heterocycles. The van der Waals surface area contributed by atoms with Crippen molar-refractivity contribution in [1.29, 1.82) is 0 Å². The third-order valence-electron chi connectivity index (χ3n) is 13.7. The van der Waals surface area contributed by atoms with Crippen LogP contribution >= 0.6 is 0 Å². The van der Waals surface area contributed by atoms with Crippen LogP contribution in [-0.2, 0) is 11.0 Å². The van der Waals surface area contributed by atoms with Gasteiger partial charge in [-0.1, -0.05) is 148 Å². The van der Waals surface area contributed by atoms with Crippen molar-refractivity contribution in [2.45, 2.75) is 37.6 Å². The van der Waals surface area contributed by atoms with E-state index in [-0.39, 0.29) is 5.54 Å². The zero-order valence-electron chi connectivity index (χ0n) is 31.1. The van der Waals surface area contributed by atoms with E-state index in [1.54, 1.807) is 0 Å². The van der Waals surface area contributed by atoms with Gasteiger partial charge in [0, 0.05) is 40.6 Å². The first-order valence-corrected chi connectivity index (χ1v) is 19.7. The van der Waals surface area contributed by atoms with E-state index in [2.05, 4.69) is 187 Å². The number of rotatable bonds is 3. The summed E-state index contributed by atoms with van der Waals surface area (Å²) in [6.07, 6.45) is 4.34. The van der Waals surface area contributed by atoms with Crippen molar-refractivity contribution in [2.24, 2.45) is 0 Å². The Bertz CT molecular complexity index is 3110. The van der Waals surface area contributed by atoms with Crippen LogP contribution in [0.1, 0.15) is 54.5 Å². The van der Waals surface area contributed by atoms with E-state index < -0.39 is 5.41 Å². The molecule has 0 radical (unpaired) electrons. The largest absolute Gasteiger partial charge is 0.309 e. The minimum Gasteiger partial charge on any atom is -0.309 e. The van der Waals surface area contributed by atoms with Gasteiger partial charge in [0.1, 0.15) is 0 Å². The lowest BCUT2D eigenvalue weighted by Crippen LogP contribution is -2.59. The van der Waals surface area contributed by atoms with Crippen molar-refractivity contribution in [2.75, 3.05) is 0 Å². The topological polar surface area (TPSA) is 8.81 Å². The first kappa shape index (κ1) is 30.9. The molecule has 260 valence electrons. The highest BCUT2D eigenvalue weighted by Gasteiger charge is 2.51. The van der Waals surface area contributed by atoms with Crippen molar-refractivity contribution in [1.82, 2.24) is 4.57 Å². The first-order valence-electron chi connectivity index (χ1n) is 19.7. The van der Waals surface area contributed by atoms with Gasteiger partial charge in [-0.25, -0.2) is 0 Å². The van der Waals surface area contributed by atoms with Crippen LogP contribution in [0.2, 0.25) is 0 Å². The minimum atomic E-state index is -0.446. The van der Waals surface area contributed by atoms with Gasteiger partial charge in [0.25, 0.3) is 0 Å². The van der Waals surface area contributed by atoms with E-state index in [0.717, 1.165) is 12.8 Å². The van der Waals surface area contributed by atoms with Gasteiger partial charge in [0.05, 0.1) is 27.7 Å². The Morgan fingerprint density at radius 1 is 0.527 bits per heavy atom. The molecule has 1 aliphatic carbocycles. The highest BCUT2D eigenvalue weighted by atomic mass is 15.1. The number of fused-ring (bicyclic) bond motifs is 16. The molecule has 0 fully saturated rings. The predicted molar refractivity (Wildman–Crippen MR) is 228 cm³/mol. The van der Waals surface area contributed by atoms with Crippen LogP contribution in [0.4, 0.5) is 0 Å². The standard InChI is InChI=1S/C53H39N2/c1-4-52(5-2)33(3)38-27-25-35(29-43(38)49-30-34-15-6-7-16-37(34)32-54(49)52)36-26-28-46-50(31-36)55-48-24-13-10-19-41(48)42-20-14-23-47(51(42)55)53(46)44-21-11-8-17-39(44)40-18-9-12-22-45(40)53/h6-32H,3-5H2,1-2H3/q+1. The minimum absolute atomic E-state index is 0.171. The molecule has 2 nitrogen and oxygen atoms in total. The normalized spacial score (nSPS) is 15.2. The number of nitrogens with zero attached hydrogens (tertiary/aromatic N) is 2. The molecule has 4 heterocycles. The van der Waals surface area contributed by atoms with Crippen molar-refractivity contribution in [3.63, 3.8) is 0 Å². The number of aromatic nitrogens is 2. The summed E-state index contributed by atoms with van der Waals surface area (Å²) in [6, 6.07) is 59.6. The fraction of sp³-hybridized carbons (Fsp3) is 0.113. The second kappa shape index (κ2) is 10.8. The monoisotopic (exact) mass is 703 g/mol. The second-order valence-corrected chi connectivity index (χ2v) is 15.8. The summed E-state index contributed by atoms with van der Waals surface area (Å²) in [7, 11) is 0. The molecule has 0 atom stereocenters. The van der Waals surface area contributed by atoms with Crippen LogP contribution in [0.25, 0.3) is 77.3 Å². The zero-order valence-corrected chi connectivity index (χ0v) is 31.1. The van der Waals surface area contributed by atoms with Crippen molar-refractivity contribution < 1.29 is 4.57 Å². The Morgan fingerprint density at radius 3 is 1.95 bits per heavy atom. The predicted octanol–water partition coefficient (Wildman–Crippen LogP) is 12.8. The summed E-state index contributed by atoms with van der Waals surface area (Å²) in [5.41, 5.74) is 18.6. The van der Waals surface area contributed by atoms with E-state index in [9.17, 15) is 0 Å². The number of allylic oxidation sites excluding steroid dienone is 1. The lowest BCUT2D eigenvalue weighted by molar-refractivity contribution is -0.740. The highest BCUT2D eigenvalue weighted by Crippen LogP contribution is 2.61. The molecular formula is C53H39N2+. The van der Waals surface area contributed by atoms with Crippen molar-refractivity contribution >= 4 is 38.2 Å². The molecule has 0 saturated carbocycles. The molecule has 9 aromatic rings. The van der Waals surface area contributed by atoms with Crippen LogP contribution in [-0.4, -0.2) is 4.57 Å². The summed E-state index contributed by atoms with van der Waals surface area (Å²) in [5.74, 6) is 0. The van der Waals surface area contributed by atoms with Crippen molar-refractivity contribution in [3.8, 4) is 39.2 Å². The molecule has 0 N–H and O–H groups in total. The Hall–Kier alpha value is -6.51. The summed E-state index contributed by atoms with van der Waals surface area (Å²) in [6.45, 7) is 9.42. The Morgan fingerprint density at radius 2 is 1.16 bits per heavy atom. The van der Waals surface area contributed by atoms with E-state index in [4.69, 9.17) is 6.58 Å². The van der Waals surface area contributed by atoms with Gasteiger partial charge in [-0.2, -0.15) is 4.57 Å². The quantitative estimate of drug-likeness (QED) is 0.162. The molecular weight excluding hydrogens is 665 g/mol. The molecule has 2 heteroatoms. The molecule has 2 aliphatic heterocycles. The average Bonchev–Trinajstić information content (AvgIpc) is 3.74. The molecule has 2 aromatic heterocycles. The Labute approximate surface area is 321 Å². The van der Waals surface area contributed by atoms with E-state index in [1.165, 1.54) is 105 Å². The van der Waals surface area contributed by atoms with Gasteiger partial charge < -0.3 is 4.57 Å². The summed E-state index contributed by atoms with van der Waals surface area (Å²) in [4.78, 5) is 0. The van der Waals surface area contributed by atoms with Crippen molar-refractivity contribution in [3.05, 3.63) is 198 Å². The molecule has 0 bridgehead atoms. The van der Waals surface area contributed by atoms with Crippen LogP contribution < -0.4 is 4.57 Å². The smallest absolute Gasteiger partial charge is 0.214 e. The third-order valence-corrected chi connectivity index (χ3v) is 13.7. The maximum atomic E-state index is 4.81. The fourth-order valence-electron chi connectivity index (χ4n) is 11.1. The molecule has 3 aliphatic rings. The maximum absolute atomic E-state index is 4.81. The number of pyridine rings is 1. The summed E-state index contributed by atoms with van der Waals surface area (Å²) < 4.78 is 5.09. The summed E-state index contributed by atoms with van der Waals surface area (Å²) in [5, 5.41) is 5.11. The van der Waals surface area contributed by atoms with E-state index in [0.29, 0.717) is 0 Å².